The van der Waals surface area contributed by atoms with Gasteiger partial charge in [0.2, 0.25) is 0 Å². The van der Waals surface area contributed by atoms with Crippen LogP contribution in [-0.4, -0.2) is 25.3 Å². The van der Waals surface area contributed by atoms with Gasteiger partial charge in [0, 0.05) is 23.1 Å². The first kappa shape index (κ1) is 11.9. The van der Waals surface area contributed by atoms with E-state index < -0.39 is 12.2 Å². The van der Waals surface area contributed by atoms with Crippen molar-refractivity contribution in [3.05, 3.63) is 28.7 Å². The summed E-state index contributed by atoms with van der Waals surface area (Å²) in [6.45, 7) is 1.23. The molecule has 1 heterocycles. The van der Waals surface area contributed by atoms with Gasteiger partial charge in [-0.1, -0.05) is 12.1 Å². The smallest absolute Gasteiger partial charge is 0.107 e. The van der Waals surface area contributed by atoms with E-state index in [2.05, 4.69) is 26.9 Å². The Balaban J connectivity index is 2.07. The van der Waals surface area contributed by atoms with E-state index in [1.165, 1.54) is 5.69 Å². The van der Waals surface area contributed by atoms with Gasteiger partial charge in [0.25, 0.3) is 0 Å². The van der Waals surface area contributed by atoms with Gasteiger partial charge in [-0.2, -0.15) is 0 Å². The number of rotatable bonds is 2. The number of nitrogens with two attached hydrogens (primary N) is 1. The van der Waals surface area contributed by atoms with Crippen molar-refractivity contribution in [2.45, 2.75) is 18.4 Å². The third-order valence-corrected chi connectivity index (χ3v) is 3.89. The molecule has 1 aromatic rings. The second kappa shape index (κ2) is 4.72. The molecule has 1 aromatic carbocycles. The minimum Gasteiger partial charge on any atom is -0.370 e. The van der Waals surface area contributed by atoms with Crippen molar-refractivity contribution in [1.29, 1.82) is 0 Å². The number of alkyl halides is 1. The highest BCUT2D eigenvalue weighted by molar-refractivity contribution is 9.10. The molecule has 0 unspecified atom stereocenters. The van der Waals surface area contributed by atoms with Crippen LogP contribution in [0.4, 0.5) is 10.1 Å². The Labute approximate surface area is 104 Å². The lowest BCUT2D eigenvalue weighted by Gasteiger charge is -2.39. The average molecular weight is 287 g/mol. The summed E-state index contributed by atoms with van der Waals surface area (Å²) in [5, 5.41) is 0. The van der Waals surface area contributed by atoms with Gasteiger partial charge in [-0.3, -0.25) is 0 Å². The number of benzene rings is 1. The van der Waals surface area contributed by atoms with Crippen LogP contribution in [0.3, 0.4) is 0 Å². The number of nitrogens with zero attached hydrogens (tertiary/aromatic N) is 1. The van der Waals surface area contributed by atoms with E-state index in [-0.39, 0.29) is 0 Å². The van der Waals surface area contributed by atoms with E-state index in [0.29, 0.717) is 12.8 Å². The van der Waals surface area contributed by atoms with Gasteiger partial charge in [-0.25, -0.2) is 4.39 Å². The molecule has 2 rings (SSSR count). The molecule has 1 aliphatic rings. The summed E-state index contributed by atoms with van der Waals surface area (Å²) >= 11 is 3.53. The summed E-state index contributed by atoms with van der Waals surface area (Å²) in [6, 6.07) is 8.10. The maximum absolute atomic E-state index is 12.7. The molecule has 0 atom stereocenters. The molecule has 0 spiro atoms. The zero-order valence-corrected chi connectivity index (χ0v) is 10.7. The van der Waals surface area contributed by atoms with Gasteiger partial charge in [0.1, 0.15) is 6.67 Å². The van der Waals surface area contributed by atoms with E-state index in [1.54, 1.807) is 0 Å². The lowest BCUT2D eigenvalue weighted by Crippen LogP contribution is -2.52. The molecule has 1 saturated heterocycles. The summed E-state index contributed by atoms with van der Waals surface area (Å²) < 4.78 is 13.8. The molecule has 0 bridgehead atoms. The van der Waals surface area contributed by atoms with Crippen LogP contribution in [0.25, 0.3) is 0 Å². The van der Waals surface area contributed by atoms with Gasteiger partial charge in [-0.15, -0.1) is 0 Å². The third kappa shape index (κ3) is 2.38. The monoisotopic (exact) mass is 286 g/mol. The van der Waals surface area contributed by atoms with Crippen LogP contribution in [0.1, 0.15) is 12.8 Å². The first-order chi connectivity index (χ1) is 7.64. The molecule has 0 aromatic heterocycles. The topological polar surface area (TPSA) is 29.3 Å². The van der Waals surface area contributed by atoms with Gasteiger partial charge < -0.3 is 10.6 Å². The van der Waals surface area contributed by atoms with Gasteiger partial charge in [0.05, 0.1) is 5.69 Å². The lowest BCUT2D eigenvalue weighted by atomic mass is 9.90. The molecule has 0 saturated carbocycles. The van der Waals surface area contributed by atoms with Crippen molar-refractivity contribution in [3.63, 3.8) is 0 Å². The largest absolute Gasteiger partial charge is 0.370 e. The van der Waals surface area contributed by atoms with E-state index >= 15 is 0 Å². The minimum atomic E-state index is -0.599. The Morgan fingerprint density at radius 1 is 1.31 bits per heavy atom. The predicted molar refractivity (Wildman–Crippen MR) is 68.5 cm³/mol. The Hall–Kier alpha value is -0.610. The lowest BCUT2D eigenvalue weighted by molar-refractivity contribution is 0.255. The highest BCUT2D eigenvalue weighted by atomic mass is 79.9. The van der Waals surface area contributed by atoms with Crippen LogP contribution in [-0.2, 0) is 0 Å². The fourth-order valence-corrected chi connectivity index (χ4v) is 2.57. The summed E-state index contributed by atoms with van der Waals surface area (Å²) in [4.78, 5) is 2.25. The van der Waals surface area contributed by atoms with E-state index in [4.69, 9.17) is 5.73 Å². The summed E-state index contributed by atoms with van der Waals surface area (Å²) in [6.07, 6.45) is 1.43. The number of halogens is 2. The van der Waals surface area contributed by atoms with Crippen LogP contribution < -0.4 is 10.6 Å². The van der Waals surface area contributed by atoms with Crippen LogP contribution in [0.15, 0.2) is 28.7 Å². The molecule has 1 aliphatic heterocycles. The van der Waals surface area contributed by atoms with Crippen molar-refractivity contribution < 1.29 is 4.39 Å². The quantitative estimate of drug-likeness (QED) is 0.906. The number of hydrogen-bond acceptors (Lipinski definition) is 2. The molecule has 88 valence electrons. The van der Waals surface area contributed by atoms with E-state index in [9.17, 15) is 4.39 Å². The molecular formula is C12H16BrFN2. The summed E-state index contributed by atoms with van der Waals surface area (Å²) in [5.41, 5.74) is 6.49. The molecule has 1 fully saturated rings. The Bertz CT molecular complexity index is 362. The third-order valence-electron chi connectivity index (χ3n) is 3.22. The number of para-hydroxylation sites is 1. The minimum absolute atomic E-state index is 0.420. The zero-order chi connectivity index (χ0) is 11.6. The molecule has 0 amide bonds. The Kier molecular flexibility index (Phi) is 3.50. The molecule has 0 radical (unpaired) electrons. The van der Waals surface area contributed by atoms with Crippen molar-refractivity contribution >= 4 is 21.6 Å². The number of piperidine rings is 1. The van der Waals surface area contributed by atoms with Crippen LogP contribution in [0.5, 0.6) is 0 Å². The normalized spacial score (nSPS) is 19.8. The predicted octanol–water partition coefficient (Wildman–Crippen LogP) is 2.72. The van der Waals surface area contributed by atoms with Crippen molar-refractivity contribution in [2.75, 3.05) is 24.7 Å². The molecule has 4 heteroatoms. The molecule has 0 aliphatic carbocycles. The van der Waals surface area contributed by atoms with Crippen molar-refractivity contribution in [1.82, 2.24) is 0 Å². The average Bonchev–Trinajstić information content (AvgIpc) is 2.31. The van der Waals surface area contributed by atoms with E-state index in [1.807, 2.05) is 18.2 Å². The van der Waals surface area contributed by atoms with Gasteiger partial charge in [-0.05, 0) is 40.9 Å². The molecule has 2 nitrogen and oxygen atoms in total. The molecule has 2 N–H and O–H groups in total. The van der Waals surface area contributed by atoms with Gasteiger partial charge in [0.15, 0.2) is 0 Å². The van der Waals surface area contributed by atoms with Crippen LogP contribution in [0.2, 0.25) is 0 Å². The van der Waals surface area contributed by atoms with Crippen molar-refractivity contribution in [3.8, 4) is 0 Å². The second-order valence-corrected chi connectivity index (χ2v) is 5.29. The van der Waals surface area contributed by atoms with Crippen LogP contribution >= 0.6 is 15.9 Å². The standard InChI is InChI=1S/C12H16BrFN2/c13-10-3-1-2-4-11(10)16-7-5-12(15,9-14)6-8-16/h1-4H,5-9,15H2. The Morgan fingerprint density at radius 3 is 2.50 bits per heavy atom. The van der Waals surface area contributed by atoms with E-state index in [0.717, 1.165) is 17.6 Å². The molecular weight excluding hydrogens is 271 g/mol. The maximum atomic E-state index is 12.7. The van der Waals surface area contributed by atoms with Crippen LogP contribution in [0, 0.1) is 0 Å². The molecule has 16 heavy (non-hydrogen) atoms. The number of hydrogen-bond donors (Lipinski definition) is 1. The highest BCUT2D eigenvalue weighted by Crippen LogP contribution is 2.30. The van der Waals surface area contributed by atoms with Gasteiger partial charge >= 0.3 is 0 Å². The zero-order valence-electron chi connectivity index (χ0n) is 9.13. The fourth-order valence-electron chi connectivity index (χ4n) is 2.03. The Morgan fingerprint density at radius 2 is 1.94 bits per heavy atom. The maximum Gasteiger partial charge on any atom is 0.107 e. The first-order valence-electron chi connectivity index (χ1n) is 5.49. The second-order valence-electron chi connectivity index (χ2n) is 4.43. The fraction of sp³-hybridized carbons (Fsp3) is 0.500. The summed E-state index contributed by atoms with van der Waals surface area (Å²) in [5.74, 6) is 0. The SMILES string of the molecule is NC1(CF)CCN(c2ccccc2Br)CC1. The van der Waals surface area contributed by atoms with Crippen molar-refractivity contribution in [2.24, 2.45) is 5.73 Å². The number of anilines is 1. The highest BCUT2D eigenvalue weighted by Gasteiger charge is 2.31. The first-order valence-corrected chi connectivity index (χ1v) is 6.28. The summed E-state index contributed by atoms with van der Waals surface area (Å²) in [7, 11) is 0.